The lowest BCUT2D eigenvalue weighted by atomic mass is 9.93. The summed E-state index contributed by atoms with van der Waals surface area (Å²) in [6.07, 6.45) is 0. The van der Waals surface area contributed by atoms with Crippen LogP contribution in [0.1, 0.15) is 37.9 Å². The third kappa shape index (κ3) is 4.89. The van der Waals surface area contributed by atoms with E-state index in [9.17, 15) is 9.59 Å². The monoisotopic (exact) mass is 448 g/mol. The summed E-state index contributed by atoms with van der Waals surface area (Å²) in [7, 11) is 0. The number of urea groups is 1. The second-order valence-corrected chi connectivity index (χ2v) is 7.63. The number of Topliss-reactive ketones (excluding diaryl/α,β-unsaturated/α-hetero) is 1. The molecule has 2 amide bonds. The van der Waals surface area contributed by atoms with Gasteiger partial charge in [-0.05, 0) is 50.6 Å². The highest BCUT2D eigenvalue weighted by Crippen LogP contribution is 2.35. The number of hydrogen-bond acceptors (Lipinski definition) is 4. The number of carbonyl (C=O) groups excluding carboxylic acids is 2. The lowest BCUT2D eigenvalue weighted by Gasteiger charge is -2.28. The van der Waals surface area contributed by atoms with Crippen molar-refractivity contribution in [1.82, 2.24) is 10.6 Å². The number of benzene rings is 2. The topological polar surface area (TPSA) is 76.7 Å². The zero-order valence-corrected chi connectivity index (χ0v) is 18.4. The summed E-state index contributed by atoms with van der Waals surface area (Å²) >= 11 is 12.2. The highest BCUT2D eigenvalue weighted by Gasteiger charge is 2.29. The molecule has 2 N–H and O–H groups in total. The summed E-state index contributed by atoms with van der Waals surface area (Å²) in [6.45, 7) is 5.71. The number of ketones is 1. The predicted molar refractivity (Wildman–Crippen MR) is 116 cm³/mol. The molecule has 0 saturated carbocycles. The number of carbonyl (C=O) groups is 2. The lowest BCUT2D eigenvalue weighted by molar-refractivity contribution is -0.114. The van der Waals surface area contributed by atoms with Crippen LogP contribution >= 0.6 is 23.2 Å². The molecule has 2 aromatic rings. The fourth-order valence-electron chi connectivity index (χ4n) is 3.30. The molecule has 1 atom stereocenters. The van der Waals surface area contributed by atoms with Crippen LogP contribution in [0.5, 0.6) is 11.5 Å². The van der Waals surface area contributed by atoms with Crippen LogP contribution in [0.4, 0.5) is 4.79 Å². The summed E-state index contributed by atoms with van der Waals surface area (Å²) in [5.41, 5.74) is 2.54. The fraction of sp³-hybridized carbons (Fsp3) is 0.273. The average Bonchev–Trinajstić information content (AvgIpc) is 2.67. The molecule has 1 aliphatic heterocycles. The summed E-state index contributed by atoms with van der Waals surface area (Å²) < 4.78 is 11.7. The van der Waals surface area contributed by atoms with Crippen LogP contribution in [0.3, 0.4) is 0 Å². The van der Waals surface area contributed by atoms with Gasteiger partial charge < -0.3 is 20.1 Å². The molecule has 0 radical (unpaired) electrons. The summed E-state index contributed by atoms with van der Waals surface area (Å²) in [5.74, 6) is 0.908. The summed E-state index contributed by atoms with van der Waals surface area (Å²) in [5, 5.41) is 6.51. The zero-order chi connectivity index (χ0) is 21.8. The van der Waals surface area contributed by atoms with Gasteiger partial charge in [-0.1, -0.05) is 35.3 Å². The van der Waals surface area contributed by atoms with Crippen molar-refractivity contribution in [2.24, 2.45) is 0 Å². The van der Waals surface area contributed by atoms with Gasteiger partial charge in [0.25, 0.3) is 0 Å². The Hall–Kier alpha value is -2.70. The standard InChI is InChI=1S/C22H22Cl2N2O4/c1-4-29-19-9-14(21-20(13(3)27)12(2)25-22(28)26-21)6-8-18(19)30-11-15-5-7-16(23)10-17(15)24/h5-10,21H,4,11H2,1-3H3,(H2,25,26,28). The second kappa shape index (κ2) is 9.41. The molecule has 0 aliphatic carbocycles. The molecule has 0 spiro atoms. The molecular formula is C22H22Cl2N2O4. The Morgan fingerprint density at radius 1 is 1.10 bits per heavy atom. The average molecular weight is 449 g/mol. The summed E-state index contributed by atoms with van der Waals surface area (Å²) in [6, 6.07) is 9.60. The fourth-order valence-corrected chi connectivity index (χ4v) is 3.76. The Morgan fingerprint density at radius 2 is 1.87 bits per heavy atom. The number of nitrogens with one attached hydrogen (secondary N) is 2. The number of ether oxygens (including phenoxy) is 2. The number of rotatable bonds is 7. The Kier molecular flexibility index (Phi) is 6.90. The lowest BCUT2D eigenvalue weighted by Crippen LogP contribution is -2.44. The van der Waals surface area contributed by atoms with E-state index in [1.54, 1.807) is 43.3 Å². The van der Waals surface area contributed by atoms with Crippen molar-refractivity contribution in [3.05, 3.63) is 68.8 Å². The zero-order valence-electron chi connectivity index (χ0n) is 16.8. The van der Waals surface area contributed by atoms with Gasteiger partial charge in [0.2, 0.25) is 0 Å². The van der Waals surface area contributed by atoms with E-state index in [0.717, 1.165) is 11.1 Å². The molecule has 8 heteroatoms. The molecule has 30 heavy (non-hydrogen) atoms. The van der Waals surface area contributed by atoms with Gasteiger partial charge in [-0.25, -0.2) is 4.79 Å². The first-order chi connectivity index (χ1) is 14.3. The summed E-state index contributed by atoms with van der Waals surface area (Å²) in [4.78, 5) is 24.1. The molecule has 6 nitrogen and oxygen atoms in total. The molecule has 0 saturated heterocycles. The predicted octanol–water partition coefficient (Wildman–Crippen LogP) is 5.19. The Morgan fingerprint density at radius 3 is 2.53 bits per heavy atom. The maximum Gasteiger partial charge on any atom is 0.319 e. The third-order valence-electron chi connectivity index (χ3n) is 4.65. The van der Waals surface area contributed by atoms with Gasteiger partial charge in [0.1, 0.15) is 6.61 Å². The van der Waals surface area contributed by atoms with Gasteiger partial charge in [0, 0.05) is 26.9 Å². The van der Waals surface area contributed by atoms with Crippen LogP contribution in [0, 0.1) is 0 Å². The van der Waals surface area contributed by atoms with Crippen LogP contribution in [0.15, 0.2) is 47.7 Å². The number of allylic oxidation sites excluding steroid dienone is 1. The number of halogens is 2. The molecule has 0 aromatic heterocycles. The Bertz CT molecular complexity index is 1020. The minimum atomic E-state index is -0.574. The molecule has 3 rings (SSSR count). The van der Waals surface area contributed by atoms with Crippen molar-refractivity contribution in [3.63, 3.8) is 0 Å². The smallest absolute Gasteiger partial charge is 0.319 e. The normalized spacial score (nSPS) is 16.0. The SMILES string of the molecule is CCOc1cc(C2NC(=O)NC(C)=C2C(C)=O)ccc1OCc1ccc(Cl)cc1Cl. The maximum atomic E-state index is 12.2. The van der Waals surface area contributed by atoms with Crippen molar-refractivity contribution in [1.29, 1.82) is 0 Å². The molecule has 1 heterocycles. The molecule has 1 aliphatic rings. The van der Waals surface area contributed by atoms with E-state index in [4.69, 9.17) is 32.7 Å². The van der Waals surface area contributed by atoms with Crippen molar-refractivity contribution >= 4 is 35.0 Å². The van der Waals surface area contributed by atoms with E-state index >= 15 is 0 Å². The van der Waals surface area contributed by atoms with Gasteiger partial charge in [0.05, 0.1) is 12.6 Å². The Balaban J connectivity index is 1.90. The van der Waals surface area contributed by atoms with Crippen molar-refractivity contribution < 1.29 is 19.1 Å². The maximum absolute atomic E-state index is 12.2. The van der Waals surface area contributed by atoms with E-state index in [2.05, 4.69) is 10.6 Å². The number of amides is 2. The molecule has 1 unspecified atom stereocenters. The minimum absolute atomic E-state index is 0.124. The highest BCUT2D eigenvalue weighted by atomic mass is 35.5. The van der Waals surface area contributed by atoms with Crippen LogP contribution in [0.25, 0.3) is 0 Å². The van der Waals surface area contributed by atoms with Crippen LogP contribution in [0.2, 0.25) is 10.0 Å². The van der Waals surface area contributed by atoms with E-state index < -0.39 is 6.04 Å². The quantitative estimate of drug-likeness (QED) is 0.610. The van der Waals surface area contributed by atoms with E-state index in [1.807, 2.05) is 6.92 Å². The first-order valence-corrected chi connectivity index (χ1v) is 10.2. The van der Waals surface area contributed by atoms with Crippen molar-refractivity contribution in [2.75, 3.05) is 6.61 Å². The Labute approximate surface area is 185 Å². The molecular weight excluding hydrogens is 427 g/mol. The van der Waals surface area contributed by atoms with E-state index in [1.165, 1.54) is 6.92 Å². The molecule has 0 fully saturated rings. The van der Waals surface area contributed by atoms with Crippen molar-refractivity contribution in [2.45, 2.75) is 33.4 Å². The first-order valence-electron chi connectivity index (χ1n) is 9.42. The van der Waals surface area contributed by atoms with Crippen LogP contribution in [-0.4, -0.2) is 18.4 Å². The molecule has 158 valence electrons. The van der Waals surface area contributed by atoms with Gasteiger partial charge >= 0.3 is 6.03 Å². The minimum Gasteiger partial charge on any atom is -0.490 e. The molecule has 0 bridgehead atoms. The van der Waals surface area contributed by atoms with Crippen LogP contribution < -0.4 is 20.1 Å². The van der Waals surface area contributed by atoms with E-state index in [0.29, 0.717) is 39.4 Å². The molecule has 2 aromatic carbocycles. The van der Waals surface area contributed by atoms with Gasteiger partial charge in [0.15, 0.2) is 17.3 Å². The largest absolute Gasteiger partial charge is 0.490 e. The van der Waals surface area contributed by atoms with Crippen LogP contribution in [-0.2, 0) is 11.4 Å². The number of hydrogen-bond donors (Lipinski definition) is 2. The first kappa shape index (κ1) is 22.0. The highest BCUT2D eigenvalue weighted by molar-refractivity contribution is 6.35. The van der Waals surface area contributed by atoms with E-state index in [-0.39, 0.29) is 18.4 Å². The third-order valence-corrected chi connectivity index (χ3v) is 5.23. The van der Waals surface area contributed by atoms with Crippen molar-refractivity contribution in [3.8, 4) is 11.5 Å². The second-order valence-electron chi connectivity index (χ2n) is 6.79. The van der Waals surface area contributed by atoms with Gasteiger partial charge in [-0.2, -0.15) is 0 Å². The van der Waals surface area contributed by atoms with Gasteiger partial charge in [-0.15, -0.1) is 0 Å². The van der Waals surface area contributed by atoms with Gasteiger partial charge in [-0.3, -0.25) is 4.79 Å².